The summed E-state index contributed by atoms with van der Waals surface area (Å²) < 4.78 is 3.92. The predicted molar refractivity (Wildman–Crippen MR) is 121 cm³/mol. The van der Waals surface area contributed by atoms with Crippen LogP contribution in [-0.4, -0.2) is 48.4 Å². The lowest BCUT2D eigenvalue weighted by molar-refractivity contribution is 0.142. The fraction of sp³-hybridized carbons (Fsp3) is 0.375. The van der Waals surface area contributed by atoms with Gasteiger partial charge in [0.05, 0.1) is 17.6 Å². The lowest BCUT2D eigenvalue weighted by Gasteiger charge is -2.36. The van der Waals surface area contributed by atoms with Gasteiger partial charge in [-0.1, -0.05) is 19.1 Å². The van der Waals surface area contributed by atoms with Gasteiger partial charge in [0, 0.05) is 60.8 Å². The monoisotopic (exact) mass is 415 g/mol. The zero-order valence-corrected chi connectivity index (χ0v) is 18.4. The van der Waals surface area contributed by atoms with E-state index in [0.29, 0.717) is 6.04 Å². The van der Waals surface area contributed by atoms with E-state index in [1.54, 1.807) is 0 Å². The van der Waals surface area contributed by atoms with Gasteiger partial charge >= 0.3 is 0 Å². The topological polar surface area (TPSA) is 77.3 Å². The Balaban J connectivity index is 1.36. The third-order valence-corrected chi connectivity index (χ3v) is 6.02. The molecule has 31 heavy (non-hydrogen) atoms. The van der Waals surface area contributed by atoms with Crippen LogP contribution < -0.4 is 5.73 Å². The van der Waals surface area contributed by atoms with E-state index < -0.39 is 0 Å². The molecule has 7 nitrogen and oxygen atoms in total. The van der Waals surface area contributed by atoms with Gasteiger partial charge in [-0.05, 0) is 44.0 Å². The van der Waals surface area contributed by atoms with Crippen LogP contribution in [0.1, 0.15) is 40.7 Å². The Morgan fingerprint density at radius 1 is 1.10 bits per heavy atom. The molecule has 0 aliphatic carbocycles. The van der Waals surface area contributed by atoms with Crippen molar-refractivity contribution in [3.05, 3.63) is 76.5 Å². The summed E-state index contributed by atoms with van der Waals surface area (Å²) >= 11 is 0. The molecule has 1 saturated heterocycles. The quantitative estimate of drug-likeness (QED) is 0.524. The lowest BCUT2D eigenvalue weighted by atomic mass is 10.0. The largest absolute Gasteiger partial charge is 0.325 e. The van der Waals surface area contributed by atoms with Crippen LogP contribution in [0.2, 0.25) is 0 Å². The minimum absolute atomic E-state index is 0.326. The maximum absolute atomic E-state index is 5.87. The molecule has 1 aliphatic rings. The zero-order valence-electron chi connectivity index (χ0n) is 18.4. The maximum Gasteiger partial charge on any atom is 0.159 e. The molecule has 5 rings (SSSR count). The molecular weight excluding hydrogens is 386 g/mol. The molecule has 160 valence electrons. The van der Waals surface area contributed by atoms with Gasteiger partial charge in [-0.3, -0.25) is 4.90 Å². The van der Waals surface area contributed by atoms with Crippen molar-refractivity contribution in [1.82, 2.24) is 29.3 Å². The summed E-state index contributed by atoms with van der Waals surface area (Å²) in [4.78, 5) is 7.13. The summed E-state index contributed by atoms with van der Waals surface area (Å²) in [6.45, 7) is 9.13. The van der Waals surface area contributed by atoms with Gasteiger partial charge in [-0.15, -0.1) is 0 Å². The molecule has 3 aromatic heterocycles. The fourth-order valence-corrected chi connectivity index (χ4v) is 4.42. The molecule has 2 N–H and O–H groups in total. The second-order valence-electron chi connectivity index (χ2n) is 8.64. The van der Waals surface area contributed by atoms with Crippen LogP contribution in [0.25, 0.3) is 11.3 Å². The number of fused-ring (bicyclic) bond motifs is 1. The van der Waals surface area contributed by atoms with Crippen molar-refractivity contribution in [2.75, 3.05) is 13.1 Å². The second-order valence-corrected chi connectivity index (χ2v) is 8.64. The van der Waals surface area contributed by atoms with Crippen molar-refractivity contribution in [1.29, 1.82) is 0 Å². The van der Waals surface area contributed by atoms with Crippen LogP contribution in [0.3, 0.4) is 0 Å². The number of likely N-dealkylation sites (tertiary alicyclic amines) is 1. The van der Waals surface area contributed by atoms with Gasteiger partial charge in [-0.2, -0.15) is 10.2 Å². The molecule has 1 fully saturated rings. The Kier molecular flexibility index (Phi) is 5.08. The molecule has 0 saturated carbocycles. The molecular formula is C24H29N7. The van der Waals surface area contributed by atoms with Crippen molar-refractivity contribution in [3.63, 3.8) is 0 Å². The molecule has 0 spiro atoms. The first-order valence-corrected chi connectivity index (χ1v) is 11.0. The molecule has 0 unspecified atom stereocenters. The molecule has 0 amide bonds. The van der Waals surface area contributed by atoms with E-state index in [0.717, 1.165) is 60.9 Å². The van der Waals surface area contributed by atoms with Gasteiger partial charge in [-0.25, -0.2) is 14.2 Å². The SMILES string of the molecule is CCc1nn2c(C)cc(C)nc2c1Cc1ccc(-n2cc(CN3CC(N)C3)cn2)cc1. The van der Waals surface area contributed by atoms with Gasteiger partial charge < -0.3 is 5.73 Å². The standard InChI is InChI=1S/C24H29N7/c1-4-23-22(24-27-16(2)9-17(3)31(24)28-23)10-18-5-7-21(8-6-18)30-13-19(11-26-30)12-29-14-20(25)15-29/h5-9,11,13,20H,4,10,12,14-15,25H2,1-3H3. The highest BCUT2D eigenvalue weighted by Gasteiger charge is 2.23. The maximum atomic E-state index is 5.87. The number of nitrogens with zero attached hydrogens (tertiary/aromatic N) is 6. The fourth-order valence-electron chi connectivity index (χ4n) is 4.42. The van der Waals surface area contributed by atoms with Gasteiger partial charge in [0.25, 0.3) is 0 Å². The van der Waals surface area contributed by atoms with E-state index in [9.17, 15) is 0 Å². The second kappa shape index (κ2) is 7.90. The number of hydrogen-bond acceptors (Lipinski definition) is 5. The third-order valence-electron chi connectivity index (χ3n) is 6.02. The Bertz CT molecular complexity index is 1210. The number of hydrogen-bond donors (Lipinski definition) is 1. The summed E-state index contributed by atoms with van der Waals surface area (Å²) in [6.07, 6.45) is 5.77. The predicted octanol–water partition coefficient (Wildman–Crippen LogP) is 2.83. The van der Waals surface area contributed by atoms with Crippen LogP contribution in [-0.2, 0) is 19.4 Å². The van der Waals surface area contributed by atoms with Gasteiger partial charge in [0.15, 0.2) is 5.65 Å². The van der Waals surface area contributed by atoms with E-state index in [1.165, 1.54) is 16.7 Å². The molecule has 4 aromatic rings. The van der Waals surface area contributed by atoms with E-state index in [-0.39, 0.29) is 0 Å². The Morgan fingerprint density at radius 3 is 2.58 bits per heavy atom. The molecule has 1 aromatic carbocycles. The zero-order chi connectivity index (χ0) is 21.5. The molecule has 1 aliphatic heterocycles. The van der Waals surface area contributed by atoms with Gasteiger partial charge in [0.2, 0.25) is 0 Å². The van der Waals surface area contributed by atoms with Crippen LogP contribution in [0.15, 0.2) is 42.7 Å². The van der Waals surface area contributed by atoms with Crippen molar-refractivity contribution in [2.24, 2.45) is 5.73 Å². The highest BCUT2D eigenvalue weighted by atomic mass is 15.3. The first-order valence-electron chi connectivity index (χ1n) is 11.0. The Labute approximate surface area is 182 Å². The summed E-state index contributed by atoms with van der Waals surface area (Å²) in [7, 11) is 0. The molecule has 0 atom stereocenters. The number of benzene rings is 1. The minimum Gasteiger partial charge on any atom is -0.325 e. The van der Waals surface area contributed by atoms with E-state index in [4.69, 9.17) is 15.8 Å². The van der Waals surface area contributed by atoms with Crippen LogP contribution in [0.5, 0.6) is 0 Å². The highest BCUT2D eigenvalue weighted by Crippen LogP contribution is 2.22. The Hall–Kier alpha value is -3.03. The van der Waals surface area contributed by atoms with Crippen LogP contribution in [0.4, 0.5) is 0 Å². The van der Waals surface area contributed by atoms with Crippen molar-refractivity contribution >= 4 is 5.65 Å². The Morgan fingerprint density at radius 2 is 1.87 bits per heavy atom. The molecule has 0 bridgehead atoms. The number of aryl methyl sites for hydroxylation is 3. The molecule has 7 heteroatoms. The summed E-state index contributed by atoms with van der Waals surface area (Å²) in [6, 6.07) is 11.0. The van der Waals surface area contributed by atoms with E-state index in [1.807, 2.05) is 22.3 Å². The first-order chi connectivity index (χ1) is 15.0. The summed E-state index contributed by atoms with van der Waals surface area (Å²) in [5.41, 5.74) is 14.9. The number of aromatic nitrogens is 5. The van der Waals surface area contributed by atoms with Crippen LogP contribution in [0, 0.1) is 13.8 Å². The summed E-state index contributed by atoms with van der Waals surface area (Å²) in [5.74, 6) is 0. The number of rotatable bonds is 6. The van der Waals surface area contributed by atoms with Crippen LogP contribution >= 0.6 is 0 Å². The molecule has 4 heterocycles. The highest BCUT2D eigenvalue weighted by molar-refractivity contribution is 5.54. The number of nitrogens with two attached hydrogens (primary N) is 1. The van der Waals surface area contributed by atoms with E-state index >= 15 is 0 Å². The first kappa shape index (κ1) is 19.9. The average Bonchev–Trinajstić information content (AvgIpc) is 3.33. The normalized spacial score (nSPS) is 15.0. The smallest absolute Gasteiger partial charge is 0.159 e. The minimum atomic E-state index is 0.326. The van der Waals surface area contributed by atoms with Crippen molar-refractivity contribution in [3.8, 4) is 5.69 Å². The van der Waals surface area contributed by atoms with Crippen molar-refractivity contribution in [2.45, 2.75) is 46.2 Å². The lowest BCUT2D eigenvalue weighted by Crippen LogP contribution is -2.54. The van der Waals surface area contributed by atoms with Gasteiger partial charge in [0.1, 0.15) is 0 Å². The average molecular weight is 416 g/mol. The van der Waals surface area contributed by atoms with Crippen molar-refractivity contribution < 1.29 is 0 Å². The summed E-state index contributed by atoms with van der Waals surface area (Å²) in [5, 5.41) is 9.35. The molecule has 0 radical (unpaired) electrons. The van der Waals surface area contributed by atoms with E-state index in [2.05, 4.69) is 60.4 Å². The third kappa shape index (κ3) is 3.86.